The summed E-state index contributed by atoms with van der Waals surface area (Å²) in [6.07, 6.45) is 5.14. The highest BCUT2D eigenvalue weighted by atomic mass is 16.6. The van der Waals surface area contributed by atoms with Crippen LogP contribution in [0.25, 0.3) is 0 Å². The summed E-state index contributed by atoms with van der Waals surface area (Å²) in [6, 6.07) is 0.600. The first-order valence-electron chi connectivity index (χ1n) is 9.23. The van der Waals surface area contributed by atoms with Gasteiger partial charge < -0.3 is 19.9 Å². The second-order valence-electron chi connectivity index (χ2n) is 8.45. The van der Waals surface area contributed by atoms with Crippen molar-refractivity contribution in [3.63, 3.8) is 0 Å². The van der Waals surface area contributed by atoms with E-state index in [4.69, 9.17) is 4.74 Å². The van der Waals surface area contributed by atoms with E-state index in [1.54, 1.807) is 0 Å². The number of rotatable bonds is 5. The summed E-state index contributed by atoms with van der Waals surface area (Å²) >= 11 is 0. The van der Waals surface area contributed by atoms with Gasteiger partial charge in [-0.3, -0.25) is 4.79 Å². The van der Waals surface area contributed by atoms with E-state index in [1.807, 2.05) is 11.8 Å². The number of carbonyl (C=O) groups is 2. The molecule has 2 saturated heterocycles. The molecule has 2 unspecified atom stereocenters. The molecule has 2 aliphatic heterocycles. The zero-order valence-corrected chi connectivity index (χ0v) is 15.3. The molecule has 1 saturated carbocycles. The van der Waals surface area contributed by atoms with Crippen LogP contribution in [-0.4, -0.2) is 67.7 Å². The molecular weight excluding hydrogens is 306 g/mol. The van der Waals surface area contributed by atoms with Gasteiger partial charge in [-0.1, -0.05) is 6.92 Å². The highest BCUT2D eigenvalue weighted by Gasteiger charge is 2.50. The molecule has 1 aliphatic carbocycles. The lowest BCUT2D eigenvalue weighted by molar-refractivity contribution is -0.119. The molecule has 0 aromatic carbocycles. The Morgan fingerprint density at radius 2 is 2.21 bits per heavy atom. The maximum absolute atomic E-state index is 11.8. The van der Waals surface area contributed by atoms with Gasteiger partial charge in [0.15, 0.2) is 0 Å². The van der Waals surface area contributed by atoms with Gasteiger partial charge in [0.2, 0.25) is 5.91 Å². The first kappa shape index (κ1) is 17.5. The van der Waals surface area contributed by atoms with Crippen LogP contribution in [0.4, 0.5) is 4.79 Å². The Hall–Kier alpha value is -1.30. The topological polar surface area (TPSA) is 61.9 Å². The molecule has 2 atom stereocenters. The van der Waals surface area contributed by atoms with Crippen molar-refractivity contribution in [2.45, 2.75) is 52.0 Å². The third-order valence-corrected chi connectivity index (χ3v) is 6.25. The SMILES string of the molecule is CCOC(=O)N1CC2(CCC(N(C)CCC3(C)CNC(=O)C3)C2)C1. The second-order valence-corrected chi connectivity index (χ2v) is 8.45. The van der Waals surface area contributed by atoms with Crippen molar-refractivity contribution in [2.24, 2.45) is 10.8 Å². The van der Waals surface area contributed by atoms with Gasteiger partial charge in [0.25, 0.3) is 0 Å². The predicted molar refractivity (Wildman–Crippen MR) is 91.6 cm³/mol. The zero-order chi connectivity index (χ0) is 17.4. The van der Waals surface area contributed by atoms with Crippen LogP contribution in [0.3, 0.4) is 0 Å². The minimum Gasteiger partial charge on any atom is -0.450 e. The van der Waals surface area contributed by atoms with Gasteiger partial charge in [-0.25, -0.2) is 4.79 Å². The number of carbonyl (C=O) groups excluding carboxylic acids is 2. The Balaban J connectivity index is 1.43. The van der Waals surface area contributed by atoms with Gasteiger partial charge in [0, 0.05) is 37.5 Å². The summed E-state index contributed by atoms with van der Waals surface area (Å²) in [7, 11) is 2.21. The lowest BCUT2D eigenvalue weighted by atomic mass is 9.78. The fraction of sp³-hybridized carbons (Fsp3) is 0.889. The maximum Gasteiger partial charge on any atom is 0.409 e. The maximum atomic E-state index is 11.8. The van der Waals surface area contributed by atoms with E-state index in [2.05, 4.69) is 24.2 Å². The monoisotopic (exact) mass is 337 g/mol. The Kier molecular flexibility index (Phi) is 4.78. The molecule has 0 bridgehead atoms. The molecule has 0 aromatic heterocycles. The van der Waals surface area contributed by atoms with Crippen LogP contribution in [0.2, 0.25) is 0 Å². The molecule has 1 spiro atoms. The molecule has 3 rings (SSSR count). The van der Waals surface area contributed by atoms with E-state index in [0.29, 0.717) is 24.5 Å². The van der Waals surface area contributed by atoms with E-state index in [0.717, 1.165) is 32.6 Å². The zero-order valence-electron chi connectivity index (χ0n) is 15.3. The van der Waals surface area contributed by atoms with Gasteiger partial charge in [0.1, 0.15) is 0 Å². The third-order valence-electron chi connectivity index (χ3n) is 6.25. The van der Waals surface area contributed by atoms with Crippen molar-refractivity contribution in [1.29, 1.82) is 0 Å². The van der Waals surface area contributed by atoms with Crippen LogP contribution in [0, 0.1) is 10.8 Å². The van der Waals surface area contributed by atoms with E-state index in [1.165, 1.54) is 19.3 Å². The minimum atomic E-state index is -0.161. The molecule has 136 valence electrons. The van der Waals surface area contributed by atoms with E-state index in [9.17, 15) is 9.59 Å². The molecule has 6 nitrogen and oxygen atoms in total. The van der Waals surface area contributed by atoms with Gasteiger partial charge in [-0.2, -0.15) is 0 Å². The summed E-state index contributed by atoms with van der Waals surface area (Å²) in [6.45, 7) is 8.05. The Morgan fingerprint density at radius 1 is 1.46 bits per heavy atom. The average Bonchev–Trinajstić information content (AvgIpc) is 3.08. The van der Waals surface area contributed by atoms with Gasteiger partial charge >= 0.3 is 6.09 Å². The van der Waals surface area contributed by atoms with E-state index >= 15 is 0 Å². The van der Waals surface area contributed by atoms with Gasteiger partial charge in [0.05, 0.1) is 6.61 Å². The number of nitrogens with one attached hydrogen (secondary N) is 1. The largest absolute Gasteiger partial charge is 0.450 e. The molecule has 24 heavy (non-hydrogen) atoms. The Labute approximate surface area is 144 Å². The van der Waals surface area contributed by atoms with Crippen LogP contribution in [0.1, 0.15) is 46.0 Å². The number of nitrogens with zero attached hydrogens (tertiary/aromatic N) is 2. The predicted octanol–water partition coefficient (Wildman–Crippen LogP) is 1.85. The first-order chi connectivity index (χ1) is 11.3. The summed E-state index contributed by atoms with van der Waals surface area (Å²) in [4.78, 5) is 27.5. The molecule has 0 aromatic rings. The summed E-state index contributed by atoms with van der Waals surface area (Å²) < 4.78 is 5.08. The lowest BCUT2D eigenvalue weighted by Crippen LogP contribution is -2.57. The molecule has 3 fully saturated rings. The highest BCUT2D eigenvalue weighted by molar-refractivity contribution is 5.79. The molecule has 1 N–H and O–H groups in total. The van der Waals surface area contributed by atoms with Crippen LogP contribution < -0.4 is 5.32 Å². The van der Waals surface area contributed by atoms with Crippen molar-refractivity contribution in [1.82, 2.24) is 15.1 Å². The van der Waals surface area contributed by atoms with Crippen LogP contribution in [0.15, 0.2) is 0 Å². The van der Waals surface area contributed by atoms with Crippen LogP contribution in [-0.2, 0) is 9.53 Å². The van der Waals surface area contributed by atoms with Crippen LogP contribution in [0.5, 0.6) is 0 Å². The lowest BCUT2D eigenvalue weighted by Gasteiger charge is -2.47. The molecule has 2 heterocycles. The summed E-state index contributed by atoms with van der Waals surface area (Å²) in [5, 5.41) is 2.95. The molecule has 6 heteroatoms. The van der Waals surface area contributed by atoms with Crippen molar-refractivity contribution in [3.05, 3.63) is 0 Å². The van der Waals surface area contributed by atoms with E-state index in [-0.39, 0.29) is 17.4 Å². The van der Waals surface area contributed by atoms with Crippen LogP contribution >= 0.6 is 0 Å². The van der Waals surface area contributed by atoms with Crippen molar-refractivity contribution < 1.29 is 14.3 Å². The van der Waals surface area contributed by atoms with Crippen molar-refractivity contribution >= 4 is 12.0 Å². The number of likely N-dealkylation sites (tertiary alicyclic amines) is 1. The number of hydrogen-bond donors (Lipinski definition) is 1. The smallest absolute Gasteiger partial charge is 0.409 e. The molecule has 2 amide bonds. The number of ether oxygens (including phenoxy) is 1. The molecule has 3 aliphatic rings. The van der Waals surface area contributed by atoms with Crippen molar-refractivity contribution in [3.8, 4) is 0 Å². The number of amides is 2. The number of hydrogen-bond acceptors (Lipinski definition) is 4. The van der Waals surface area contributed by atoms with Crippen molar-refractivity contribution in [2.75, 3.05) is 39.8 Å². The van der Waals surface area contributed by atoms with E-state index < -0.39 is 0 Å². The second kappa shape index (κ2) is 6.54. The Morgan fingerprint density at radius 3 is 2.83 bits per heavy atom. The normalized spacial score (nSPS) is 31.4. The molecular formula is C18H31N3O3. The van der Waals surface area contributed by atoms with Gasteiger partial charge in [-0.05, 0) is 51.6 Å². The minimum absolute atomic E-state index is 0.110. The summed E-state index contributed by atoms with van der Waals surface area (Å²) in [5.41, 5.74) is 0.430. The standard InChI is InChI=1S/C18H31N3O3/c1-4-24-16(23)21-12-18(13-21)6-5-14(9-18)20(3)8-7-17(2)10-15(22)19-11-17/h14H,4-13H2,1-3H3,(H,19,22). The fourth-order valence-electron chi connectivity index (χ4n) is 4.58. The van der Waals surface area contributed by atoms with Gasteiger partial charge in [-0.15, -0.1) is 0 Å². The summed E-state index contributed by atoms with van der Waals surface area (Å²) in [5.74, 6) is 0.188. The molecule has 0 radical (unpaired) electrons. The highest BCUT2D eigenvalue weighted by Crippen LogP contribution is 2.47. The fourth-order valence-corrected chi connectivity index (χ4v) is 4.58. The quantitative estimate of drug-likeness (QED) is 0.832. The third kappa shape index (κ3) is 3.53. The average molecular weight is 337 g/mol. The Bertz CT molecular complexity index is 504. The first-order valence-corrected chi connectivity index (χ1v) is 9.23.